The third-order valence-electron chi connectivity index (χ3n) is 3.04. The minimum Gasteiger partial charge on any atom is -0.665 e. The number of nitrogens with zero attached hydrogens (tertiary/aromatic N) is 2. The predicted molar refractivity (Wildman–Crippen MR) is 69.0 cm³/mol. The van der Waals surface area contributed by atoms with Gasteiger partial charge in [-0.25, -0.2) is 0 Å². The monoisotopic (exact) mass is 278 g/mol. The van der Waals surface area contributed by atoms with Crippen LogP contribution in [0.2, 0.25) is 0 Å². The van der Waals surface area contributed by atoms with Crippen molar-refractivity contribution in [2.45, 2.75) is 39.2 Å². The van der Waals surface area contributed by atoms with Crippen LogP contribution in [0, 0.1) is 5.92 Å². The molecule has 1 aliphatic rings. The summed E-state index contributed by atoms with van der Waals surface area (Å²) in [6.45, 7) is 10.1. The number of ether oxygens (including phenoxy) is 1. The van der Waals surface area contributed by atoms with Crippen molar-refractivity contribution in [3.63, 3.8) is 0 Å². The molecule has 1 saturated heterocycles. The van der Waals surface area contributed by atoms with Gasteiger partial charge in [-0.2, -0.15) is 7.05 Å². The van der Waals surface area contributed by atoms with E-state index in [0.29, 0.717) is 6.10 Å². The summed E-state index contributed by atoms with van der Waals surface area (Å²) in [4.78, 5) is 2.56. The molecular formula is C13H27N2OV-. The molecule has 17 heavy (non-hydrogen) atoms. The Morgan fingerprint density at radius 1 is 1.29 bits per heavy atom. The zero-order valence-corrected chi connectivity index (χ0v) is 13.0. The third-order valence-corrected chi connectivity index (χ3v) is 3.04. The molecular weight excluding hydrogens is 251 g/mol. The van der Waals surface area contributed by atoms with E-state index in [1.807, 2.05) is 7.05 Å². The number of likely N-dealkylation sites (tertiary alicyclic amines) is 1. The normalized spacial score (nSPS) is 18.4. The van der Waals surface area contributed by atoms with E-state index >= 15 is 0 Å². The summed E-state index contributed by atoms with van der Waals surface area (Å²) in [7, 11) is 1.87. The molecule has 1 heterocycles. The topological polar surface area (TPSA) is 26.6 Å². The van der Waals surface area contributed by atoms with Crippen molar-refractivity contribution in [3.05, 3.63) is 5.32 Å². The van der Waals surface area contributed by atoms with E-state index in [4.69, 9.17) is 4.74 Å². The van der Waals surface area contributed by atoms with Gasteiger partial charge in [-0.1, -0.05) is 13.8 Å². The molecule has 1 radical (unpaired) electrons. The summed E-state index contributed by atoms with van der Waals surface area (Å²) in [5, 5.41) is 4.07. The quantitative estimate of drug-likeness (QED) is 0.669. The molecule has 0 aliphatic carbocycles. The molecule has 0 aromatic rings. The molecule has 1 aliphatic heterocycles. The first-order chi connectivity index (χ1) is 7.72. The fourth-order valence-corrected chi connectivity index (χ4v) is 2.25. The van der Waals surface area contributed by atoms with Crippen LogP contribution in [0.3, 0.4) is 0 Å². The summed E-state index contributed by atoms with van der Waals surface area (Å²) >= 11 is 0. The predicted octanol–water partition coefficient (Wildman–Crippen LogP) is 2.51. The average molecular weight is 278 g/mol. The molecule has 101 valence electrons. The van der Waals surface area contributed by atoms with E-state index in [-0.39, 0.29) is 18.6 Å². The van der Waals surface area contributed by atoms with Crippen LogP contribution in [0.25, 0.3) is 5.32 Å². The number of hydrogen-bond acceptors (Lipinski definition) is 2. The fourth-order valence-electron chi connectivity index (χ4n) is 2.25. The van der Waals surface area contributed by atoms with E-state index in [1.54, 1.807) is 0 Å². The van der Waals surface area contributed by atoms with E-state index < -0.39 is 0 Å². The number of rotatable bonds is 7. The Balaban J connectivity index is 0.00000256. The SMILES string of the molecule is C[N-]CCCOC1CCN(CC(C)C)CC1.[V]. The van der Waals surface area contributed by atoms with E-state index in [2.05, 4.69) is 24.1 Å². The molecule has 0 aromatic carbocycles. The van der Waals surface area contributed by atoms with Gasteiger partial charge in [0.05, 0.1) is 6.10 Å². The van der Waals surface area contributed by atoms with Crippen LogP contribution >= 0.6 is 0 Å². The molecule has 0 spiro atoms. The van der Waals surface area contributed by atoms with Crippen LogP contribution in [0.5, 0.6) is 0 Å². The molecule has 0 saturated carbocycles. The van der Waals surface area contributed by atoms with Gasteiger partial charge in [0.1, 0.15) is 0 Å². The molecule has 0 bridgehead atoms. The minimum atomic E-state index is 0. The maximum absolute atomic E-state index is 5.85. The molecule has 4 heteroatoms. The molecule has 0 amide bonds. The van der Waals surface area contributed by atoms with Crippen molar-refractivity contribution >= 4 is 0 Å². The second kappa shape index (κ2) is 10.4. The van der Waals surface area contributed by atoms with Crippen molar-refractivity contribution in [1.29, 1.82) is 0 Å². The zero-order chi connectivity index (χ0) is 11.8. The Bertz CT molecular complexity index is 171. The molecule has 0 N–H and O–H groups in total. The van der Waals surface area contributed by atoms with Gasteiger partial charge in [0.25, 0.3) is 0 Å². The number of piperidine rings is 1. The summed E-state index contributed by atoms with van der Waals surface area (Å²) < 4.78 is 5.85. The Labute approximate surface area is 119 Å². The summed E-state index contributed by atoms with van der Waals surface area (Å²) in [5.74, 6) is 0.781. The van der Waals surface area contributed by atoms with Gasteiger partial charge in [0.2, 0.25) is 0 Å². The van der Waals surface area contributed by atoms with Crippen LogP contribution in [0.4, 0.5) is 0 Å². The number of hydrogen-bond donors (Lipinski definition) is 0. The molecule has 0 aromatic heterocycles. The Hall–Kier alpha value is 0.464. The van der Waals surface area contributed by atoms with Gasteiger partial charge in [-0.3, -0.25) is 0 Å². The zero-order valence-electron chi connectivity index (χ0n) is 11.6. The Morgan fingerprint density at radius 3 is 2.47 bits per heavy atom. The van der Waals surface area contributed by atoms with E-state index in [9.17, 15) is 0 Å². The van der Waals surface area contributed by atoms with Crippen molar-refractivity contribution in [3.8, 4) is 0 Å². The van der Waals surface area contributed by atoms with Crippen LogP contribution in [0.15, 0.2) is 0 Å². The van der Waals surface area contributed by atoms with E-state index in [0.717, 1.165) is 25.5 Å². The molecule has 1 fully saturated rings. The van der Waals surface area contributed by atoms with E-state index in [1.165, 1.54) is 32.5 Å². The van der Waals surface area contributed by atoms with Crippen molar-refractivity contribution in [2.75, 3.05) is 39.8 Å². The van der Waals surface area contributed by atoms with Gasteiger partial charge >= 0.3 is 0 Å². The smallest absolute Gasteiger partial charge is 0.0599 e. The average Bonchev–Trinajstić information content (AvgIpc) is 2.26. The standard InChI is InChI=1S/C13H27N2O.V/c1-12(2)11-15-8-5-13(6-9-15)16-10-4-7-14-3;/h12-13H,4-11H2,1-3H3;/q-1;. The Kier molecular flexibility index (Phi) is 10.7. The largest absolute Gasteiger partial charge is 0.665 e. The first kappa shape index (κ1) is 17.5. The maximum atomic E-state index is 5.85. The second-order valence-corrected chi connectivity index (χ2v) is 5.16. The van der Waals surface area contributed by atoms with Gasteiger partial charge < -0.3 is 15.0 Å². The second-order valence-electron chi connectivity index (χ2n) is 5.16. The summed E-state index contributed by atoms with van der Waals surface area (Å²) in [5.41, 5.74) is 0. The van der Waals surface area contributed by atoms with Gasteiger partial charge in [0, 0.05) is 44.8 Å². The molecule has 0 atom stereocenters. The van der Waals surface area contributed by atoms with Crippen LogP contribution in [-0.2, 0) is 23.3 Å². The molecule has 3 nitrogen and oxygen atoms in total. The fraction of sp³-hybridized carbons (Fsp3) is 1.00. The minimum absolute atomic E-state index is 0. The maximum Gasteiger partial charge on any atom is 0.0599 e. The van der Waals surface area contributed by atoms with Crippen LogP contribution < -0.4 is 0 Å². The van der Waals surface area contributed by atoms with Gasteiger partial charge in [0.15, 0.2) is 0 Å². The third kappa shape index (κ3) is 8.23. The van der Waals surface area contributed by atoms with Gasteiger partial charge in [-0.05, 0) is 25.2 Å². The van der Waals surface area contributed by atoms with Crippen molar-refractivity contribution in [1.82, 2.24) is 4.90 Å². The van der Waals surface area contributed by atoms with Gasteiger partial charge in [-0.15, -0.1) is 6.54 Å². The summed E-state index contributed by atoms with van der Waals surface area (Å²) in [6, 6.07) is 0. The molecule has 0 unspecified atom stereocenters. The Morgan fingerprint density at radius 2 is 1.94 bits per heavy atom. The molecule has 1 rings (SSSR count). The first-order valence-electron chi connectivity index (χ1n) is 6.62. The first-order valence-corrected chi connectivity index (χ1v) is 6.62. The van der Waals surface area contributed by atoms with Crippen molar-refractivity contribution in [2.24, 2.45) is 5.92 Å². The summed E-state index contributed by atoms with van der Waals surface area (Å²) in [6.07, 6.45) is 3.98. The van der Waals surface area contributed by atoms with Crippen LogP contribution in [-0.4, -0.2) is 50.8 Å². The van der Waals surface area contributed by atoms with Crippen molar-refractivity contribution < 1.29 is 23.3 Å². The van der Waals surface area contributed by atoms with Crippen LogP contribution in [0.1, 0.15) is 33.1 Å².